The minimum atomic E-state index is -2.43. The molecule has 0 fully saturated rings. The second-order valence-corrected chi connectivity index (χ2v) is 4.40. The Morgan fingerprint density at radius 3 is 2.63 bits per heavy atom. The second-order valence-electron chi connectivity index (χ2n) is 3.99. The Morgan fingerprint density at radius 1 is 1.37 bits per heavy atom. The molecule has 3 nitrogen and oxygen atoms in total. The number of ether oxygens (including phenoxy) is 2. The Morgan fingerprint density at radius 2 is 2.11 bits per heavy atom. The number of methoxy groups -OCH3 is 1. The topological polar surface area (TPSA) is 30.5 Å². The first kappa shape index (κ1) is 16.1. The fraction of sp³-hybridized carbons (Fsp3) is 0.538. The first-order valence-electron chi connectivity index (χ1n) is 5.95. The molecule has 0 aliphatic rings. The zero-order chi connectivity index (χ0) is 14.3. The van der Waals surface area contributed by atoms with Gasteiger partial charge in [0.1, 0.15) is 12.4 Å². The van der Waals surface area contributed by atoms with Crippen LogP contribution in [0.15, 0.2) is 18.2 Å². The standard InChI is InChI=1S/C13H18ClF2NO2/c1-17-11(5-6-19-8-13(15)16)9-3-4-12(18-2)10(14)7-9/h3-4,7,11,13,17H,5-6,8H2,1-2H3. The molecule has 0 bridgehead atoms. The number of alkyl halides is 2. The van der Waals surface area contributed by atoms with Gasteiger partial charge in [-0.25, -0.2) is 8.78 Å². The van der Waals surface area contributed by atoms with E-state index in [1.54, 1.807) is 26.3 Å². The van der Waals surface area contributed by atoms with Crippen molar-refractivity contribution in [1.29, 1.82) is 0 Å². The van der Waals surface area contributed by atoms with Crippen molar-refractivity contribution in [3.63, 3.8) is 0 Å². The molecule has 1 aromatic rings. The van der Waals surface area contributed by atoms with Crippen LogP contribution in [0.5, 0.6) is 5.75 Å². The van der Waals surface area contributed by atoms with Gasteiger partial charge in [0, 0.05) is 12.6 Å². The largest absolute Gasteiger partial charge is 0.495 e. The molecule has 108 valence electrons. The van der Waals surface area contributed by atoms with E-state index in [1.165, 1.54) is 0 Å². The molecule has 1 atom stereocenters. The van der Waals surface area contributed by atoms with Gasteiger partial charge in [0.2, 0.25) is 0 Å². The molecule has 1 rings (SSSR count). The van der Waals surface area contributed by atoms with Crippen molar-refractivity contribution in [1.82, 2.24) is 5.32 Å². The number of benzene rings is 1. The van der Waals surface area contributed by atoms with Crippen LogP contribution in [-0.4, -0.2) is 33.8 Å². The van der Waals surface area contributed by atoms with Gasteiger partial charge >= 0.3 is 0 Å². The Hall–Kier alpha value is -0.910. The van der Waals surface area contributed by atoms with Gasteiger partial charge in [-0.3, -0.25) is 0 Å². The predicted molar refractivity (Wildman–Crippen MR) is 71.2 cm³/mol. The normalized spacial score (nSPS) is 12.7. The fourth-order valence-corrected chi connectivity index (χ4v) is 2.02. The van der Waals surface area contributed by atoms with Gasteiger partial charge in [-0.15, -0.1) is 0 Å². The van der Waals surface area contributed by atoms with E-state index < -0.39 is 13.0 Å². The summed E-state index contributed by atoms with van der Waals surface area (Å²) in [5, 5.41) is 3.63. The molecule has 0 aliphatic carbocycles. The third-order valence-corrected chi connectivity index (χ3v) is 3.02. The quantitative estimate of drug-likeness (QED) is 0.746. The van der Waals surface area contributed by atoms with Gasteiger partial charge in [-0.1, -0.05) is 17.7 Å². The summed E-state index contributed by atoms with van der Waals surface area (Å²) in [7, 11) is 3.35. The van der Waals surface area contributed by atoms with Crippen LogP contribution in [0.25, 0.3) is 0 Å². The summed E-state index contributed by atoms with van der Waals surface area (Å²) in [5.41, 5.74) is 0.967. The molecule has 0 heterocycles. The Kier molecular flexibility index (Phi) is 7.05. The summed E-state index contributed by atoms with van der Waals surface area (Å²) in [6, 6.07) is 5.47. The van der Waals surface area contributed by atoms with Gasteiger partial charge in [0.05, 0.1) is 12.1 Å². The Balaban J connectivity index is 2.56. The monoisotopic (exact) mass is 293 g/mol. The van der Waals surface area contributed by atoms with Crippen molar-refractivity contribution < 1.29 is 18.3 Å². The molecule has 0 amide bonds. The van der Waals surface area contributed by atoms with Gasteiger partial charge in [-0.05, 0) is 31.2 Å². The molecule has 1 aromatic carbocycles. The summed E-state index contributed by atoms with van der Waals surface area (Å²) in [6.45, 7) is -0.265. The average molecular weight is 294 g/mol. The highest BCUT2D eigenvalue weighted by Crippen LogP contribution is 2.28. The van der Waals surface area contributed by atoms with Crippen LogP contribution in [-0.2, 0) is 4.74 Å². The van der Waals surface area contributed by atoms with E-state index >= 15 is 0 Å². The van der Waals surface area contributed by atoms with E-state index in [1.807, 2.05) is 6.07 Å². The van der Waals surface area contributed by atoms with Crippen molar-refractivity contribution in [2.75, 3.05) is 27.4 Å². The highest BCUT2D eigenvalue weighted by Gasteiger charge is 2.12. The van der Waals surface area contributed by atoms with Crippen LogP contribution in [0.3, 0.4) is 0 Å². The lowest BCUT2D eigenvalue weighted by atomic mass is 10.0. The molecule has 0 aromatic heterocycles. The molecule has 19 heavy (non-hydrogen) atoms. The predicted octanol–water partition coefficient (Wildman–Crippen LogP) is 3.28. The number of nitrogens with one attached hydrogen (secondary N) is 1. The van der Waals surface area contributed by atoms with E-state index in [4.69, 9.17) is 21.1 Å². The number of hydrogen-bond donors (Lipinski definition) is 1. The summed E-state index contributed by atoms with van der Waals surface area (Å²) >= 11 is 6.05. The van der Waals surface area contributed by atoms with E-state index in [2.05, 4.69) is 5.32 Å². The number of rotatable bonds is 8. The maximum atomic E-state index is 11.9. The summed E-state index contributed by atoms with van der Waals surface area (Å²) in [5.74, 6) is 0.606. The maximum Gasteiger partial charge on any atom is 0.261 e. The van der Waals surface area contributed by atoms with Crippen molar-refractivity contribution in [3.05, 3.63) is 28.8 Å². The minimum Gasteiger partial charge on any atom is -0.495 e. The molecular weight excluding hydrogens is 276 g/mol. The highest BCUT2D eigenvalue weighted by molar-refractivity contribution is 6.32. The molecule has 0 aliphatic heterocycles. The third kappa shape index (κ3) is 5.30. The molecule has 0 saturated heterocycles. The van der Waals surface area contributed by atoms with Crippen LogP contribution < -0.4 is 10.1 Å². The van der Waals surface area contributed by atoms with Crippen molar-refractivity contribution >= 4 is 11.6 Å². The summed E-state index contributed by atoms with van der Waals surface area (Å²) < 4.78 is 33.8. The smallest absolute Gasteiger partial charge is 0.261 e. The zero-order valence-corrected chi connectivity index (χ0v) is 11.7. The van der Waals surface area contributed by atoms with Crippen LogP contribution in [0, 0.1) is 0 Å². The number of halogens is 3. The van der Waals surface area contributed by atoms with Crippen molar-refractivity contribution in [2.45, 2.75) is 18.9 Å². The zero-order valence-electron chi connectivity index (χ0n) is 11.0. The molecule has 1 N–H and O–H groups in total. The van der Waals surface area contributed by atoms with E-state index in [0.29, 0.717) is 17.2 Å². The number of hydrogen-bond acceptors (Lipinski definition) is 3. The molecule has 1 unspecified atom stereocenters. The molecule has 0 spiro atoms. The van der Waals surface area contributed by atoms with Gasteiger partial charge in [-0.2, -0.15) is 0 Å². The third-order valence-electron chi connectivity index (χ3n) is 2.72. The molecule has 6 heteroatoms. The first-order chi connectivity index (χ1) is 9.08. The second kappa shape index (κ2) is 8.30. The lowest BCUT2D eigenvalue weighted by Gasteiger charge is -2.17. The van der Waals surface area contributed by atoms with Crippen molar-refractivity contribution in [3.8, 4) is 5.75 Å². The SMILES string of the molecule is CNC(CCOCC(F)F)c1ccc(OC)c(Cl)c1. The van der Waals surface area contributed by atoms with Gasteiger partial charge < -0.3 is 14.8 Å². The Labute approximate surface area is 116 Å². The summed E-state index contributed by atoms with van der Waals surface area (Å²) in [6.07, 6.45) is -1.84. The van der Waals surface area contributed by atoms with Gasteiger partial charge in [0.25, 0.3) is 6.43 Å². The van der Waals surface area contributed by atoms with Gasteiger partial charge in [0.15, 0.2) is 0 Å². The average Bonchev–Trinajstić information content (AvgIpc) is 2.38. The summed E-state index contributed by atoms with van der Waals surface area (Å²) in [4.78, 5) is 0. The molecular formula is C13H18ClF2NO2. The lowest BCUT2D eigenvalue weighted by Crippen LogP contribution is -2.19. The van der Waals surface area contributed by atoms with Crippen molar-refractivity contribution in [2.24, 2.45) is 0 Å². The maximum absolute atomic E-state index is 11.9. The van der Waals surface area contributed by atoms with E-state index in [0.717, 1.165) is 5.56 Å². The minimum absolute atomic E-state index is 0.000999. The van der Waals surface area contributed by atoms with E-state index in [-0.39, 0.29) is 12.6 Å². The molecule has 0 saturated carbocycles. The first-order valence-corrected chi connectivity index (χ1v) is 6.32. The fourth-order valence-electron chi connectivity index (χ4n) is 1.75. The highest BCUT2D eigenvalue weighted by atomic mass is 35.5. The van der Waals surface area contributed by atoms with Crippen LogP contribution in [0.1, 0.15) is 18.0 Å². The van der Waals surface area contributed by atoms with Crippen LogP contribution in [0.4, 0.5) is 8.78 Å². The van der Waals surface area contributed by atoms with E-state index in [9.17, 15) is 8.78 Å². The Bertz CT molecular complexity index is 391. The lowest BCUT2D eigenvalue weighted by molar-refractivity contribution is 0.0145. The van der Waals surface area contributed by atoms with Crippen LogP contribution >= 0.6 is 11.6 Å². The molecule has 0 radical (unpaired) electrons. The van der Waals surface area contributed by atoms with Crippen LogP contribution in [0.2, 0.25) is 5.02 Å².